The average Bonchev–Trinajstić information content (AvgIpc) is 3.45. The summed E-state index contributed by atoms with van der Waals surface area (Å²) in [5.41, 5.74) is 9.40. The van der Waals surface area contributed by atoms with Crippen molar-refractivity contribution >= 4 is 51.9 Å². The van der Waals surface area contributed by atoms with Crippen molar-refractivity contribution in [3.63, 3.8) is 0 Å². The smallest absolute Gasteiger partial charge is 0.0659 e. The van der Waals surface area contributed by atoms with Gasteiger partial charge in [0.25, 0.3) is 0 Å². The molecule has 5 heterocycles. The number of nitrogens with zero attached hydrogens (tertiary/aromatic N) is 2. The summed E-state index contributed by atoms with van der Waals surface area (Å²) in [5.74, 6) is 0. The molecule has 28 heavy (non-hydrogen) atoms. The van der Waals surface area contributed by atoms with E-state index in [4.69, 9.17) is 4.98 Å². The lowest BCUT2D eigenvalue weighted by Crippen LogP contribution is -1.78. The highest BCUT2D eigenvalue weighted by molar-refractivity contribution is 5.87. The normalized spacial score (nSPS) is 12.3. The van der Waals surface area contributed by atoms with E-state index in [9.17, 15) is 0 Å². The molecule has 3 aromatic rings. The molecule has 8 bridgehead atoms. The highest BCUT2D eigenvalue weighted by Crippen LogP contribution is 2.24. The second-order valence-electron chi connectivity index (χ2n) is 6.82. The molecule has 0 spiro atoms. The molecular formula is C24H18N4. The van der Waals surface area contributed by atoms with Gasteiger partial charge >= 0.3 is 0 Å². The van der Waals surface area contributed by atoms with Crippen molar-refractivity contribution in [3.05, 3.63) is 90.0 Å². The van der Waals surface area contributed by atoms with E-state index in [1.165, 1.54) is 0 Å². The molecule has 0 fully saturated rings. The average molecular weight is 362 g/mol. The van der Waals surface area contributed by atoms with E-state index in [2.05, 4.69) is 46.3 Å². The summed E-state index contributed by atoms with van der Waals surface area (Å²) in [4.78, 5) is 16.2. The van der Waals surface area contributed by atoms with Gasteiger partial charge in [0.2, 0.25) is 0 Å². The summed E-state index contributed by atoms with van der Waals surface area (Å²) in [6.45, 7) is 7.97. The van der Waals surface area contributed by atoms with Gasteiger partial charge < -0.3 is 9.97 Å². The van der Waals surface area contributed by atoms with Crippen LogP contribution < -0.4 is 0 Å². The van der Waals surface area contributed by atoms with Gasteiger partial charge in [-0.1, -0.05) is 19.2 Å². The fourth-order valence-corrected chi connectivity index (χ4v) is 3.39. The maximum atomic E-state index is 4.69. The van der Waals surface area contributed by atoms with E-state index in [0.29, 0.717) is 0 Å². The molecule has 4 nitrogen and oxygen atoms in total. The van der Waals surface area contributed by atoms with Gasteiger partial charge in [-0.25, -0.2) is 9.97 Å². The van der Waals surface area contributed by atoms with Crippen molar-refractivity contribution in [3.8, 4) is 0 Å². The van der Waals surface area contributed by atoms with Crippen molar-refractivity contribution in [1.82, 2.24) is 19.9 Å². The summed E-state index contributed by atoms with van der Waals surface area (Å²) in [6.07, 6.45) is 9.78. The van der Waals surface area contributed by atoms with Gasteiger partial charge in [0, 0.05) is 27.6 Å². The molecular weight excluding hydrogens is 344 g/mol. The van der Waals surface area contributed by atoms with Gasteiger partial charge in [0.15, 0.2) is 0 Å². The van der Waals surface area contributed by atoms with Crippen LogP contribution in [0.15, 0.2) is 61.7 Å². The lowest BCUT2D eigenvalue weighted by atomic mass is 10.1. The van der Waals surface area contributed by atoms with Crippen LogP contribution in [0, 0.1) is 0 Å². The van der Waals surface area contributed by atoms with Crippen molar-refractivity contribution < 1.29 is 0 Å². The Morgan fingerprint density at radius 3 is 2.00 bits per heavy atom. The van der Waals surface area contributed by atoms with Crippen molar-refractivity contribution in [2.24, 2.45) is 0 Å². The Bertz CT molecular complexity index is 1350. The first kappa shape index (κ1) is 16.3. The molecule has 2 aliphatic heterocycles. The third kappa shape index (κ3) is 3.01. The van der Waals surface area contributed by atoms with Gasteiger partial charge in [0.1, 0.15) is 0 Å². The molecule has 0 saturated carbocycles. The first-order valence-corrected chi connectivity index (χ1v) is 9.06. The number of nitrogens with one attached hydrogen (secondary N) is 2. The number of H-pyrrole nitrogens is 2. The fraction of sp³-hybridized carbons (Fsp3) is 0. The Labute approximate surface area is 162 Å². The topological polar surface area (TPSA) is 57.4 Å². The number of hydrogen-bond donors (Lipinski definition) is 2. The highest BCUT2D eigenvalue weighted by Gasteiger charge is 2.06. The second kappa shape index (κ2) is 6.35. The van der Waals surface area contributed by atoms with Crippen LogP contribution in [0.25, 0.3) is 51.9 Å². The summed E-state index contributed by atoms with van der Waals surface area (Å²) >= 11 is 0. The number of allylic oxidation sites excluding steroid dienone is 2. The second-order valence-corrected chi connectivity index (χ2v) is 6.82. The van der Waals surface area contributed by atoms with E-state index in [0.717, 1.165) is 56.0 Å². The SMILES string of the molecule is C=CC(=C)c1cc2cc3ccc(cc4nc(cc5nc(cc1[nH]2)C=C5)C=C4)[nH]3. The number of aromatic nitrogens is 4. The zero-order valence-corrected chi connectivity index (χ0v) is 15.2. The molecule has 0 unspecified atom stereocenters. The van der Waals surface area contributed by atoms with Gasteiger partial charge in [0.05, 0.1) is 22.8 Å². The molecule has 0 saturated heterocycles. The minimum absolute atomic E-state index is 0.868. The van der Waals surface area contributed by atoms with Crippen molar-refractivity contribution in [2.45, 2.75) is 0 Å². The maximum Gasteiger partial charge on any atom is 0.0659 e. The molecule has 134 valence electrons. The van der Waals surface area contributed by atoms with Crippen LogP contribution >= 0.6 is 0 Å². The molecule has 3 aromatic heterocycles. The lowest BCUT2D eigenvalue weighted by Gasteiger charge is -1.95. The molecule has 2 aliphatic rings. The Hall–Kier alpha value is -3.92. The van der Waals surface area contributed by atoms with Crippen LogP contribution in [-0.4, -0.2) is 19.9 Å². The van der Waals surface area contributed by atoms with E-state index >= 15 is 0 Å². The van der Waals surface area contributed by atoms with Gasteiger partial charge in [-0.05, 0) is 72.3 Å². The summed E-state index contributed by atoms with van der Waals surface area (Å²) in [5, 5.41) is 0. The van der Waals surface area contributed by atoms with Crippen molar-refractivity contribution in [2.75, 3.05) is 0 Å². The molecule has 0 aliphatic carbocycles. The van der Waals surface area contributed by atoms with Crippen LogP contribution in [0.1, 0.15) is 28.3 Å². The third-order valence-electron chi connectivity index (χ3n) is 4.76. The van der Waals surface area contributed by atoms with Crippen LogP contribution in [0.3, 0.4) is 0 Å². The third-order valence-corrected chi connectivity index (χ3v) is 4.76. The summed E-state index contributed by atoms with van der Waals surface area (Å²) < 4.78 is 0. The predicted octanol–water partition coefficient (Wildman–Crippen LogP) is 5.85. The Morgan fingerprint density at radius 1 is 0.714 bits per heavy atom. The van der Waals surface area contributed by atoms with Crippen molar-refractivity contribution in [1.29, 1.82) is 0 Å². The molecule has 0 atom stereocenters. The molecule has 2 N–H and O–H groups in total. The van der Waals surface area contributed by atoms with E-state index in [-0.39, 0.29) is 0 Å². The quantitative estimate of drug-likeness (QED) is 0.387. The van der Waals surface area contributed by atoms with Crippen LogP contribution in [0.4, 0.5) is 0 Å². The molecule has 0 aromatic carbocycles. The van der Waals surface area contributed by atoms with Crippen LogP contribution in [0.2, 0.25) is 0 Å². The standard InChI is InChI=1S/C24H18N4/c1-3-15(2)23-13-22-12-20-7-6-18(26-20)10-16-4-5-17(25-16)11-19-8-9-21(27-19)14-24(23)28-22/h3-14,26,28H,1-2H2. The van der Waals surface area contributed by atoms with Crippen LogP contribution in [0.5, 0.6) is 0 Å². The number of hydrogen-bond acceptors (Lipinski definition) is 2. The summed E-state index contributed by atoms with van der Waals surface area (Å²) in [6, 6.07) is 14.3. The maximum absolute atomic E-state index is 4.69. The van der Waals surface area contributed by atoms with Gasteiger partial charge in [-0.2, -0.15) is 0 Å². The Morgan fingerprint density at radius 2 is 1.32 bits per heavy atom. The minimum Gasteiger partial charge on any atom is -0.355 e. The fourth-order valence-electron chi connectivity index (χ4n) is 3.39. The van der Waals surface area contributed by atoms with E-state index in [1.54, 1.807) is 6.08 Å². The number of fused-ring (bicyclic) bond motifs is 8. The molecule has 5 rings (SSSR count). The zero-order valence-electron chi connectivity index (χ0n) is 15.2. The summed E-state index contributed by atoms with van der Waals surface area (Å²) in [7, 11) is 0. The molecule has 0 amide bonds. The number of rotatable bonds is 2. The Balaban J connectivity index is 1.87. The number of aromatic amines is 2. The lowest BCUT2D eigenvalue weighted by molar-refractivity contribution is 1.28. The largest absolute Gasteiger partial charge is 0.355 e. The van der Waals surface area contributed by atoms with E-state index in [1.807, 2.05) is 48.6 Å². The highest BCUT2D eigenvalue weighted by atomic mass is 14.8. The van der Waals surface area contributed by atoms with E-state index < -0.39 is 0 Å². The Kier molecular flexibility index (Phi) is 3.69. The first-order valence-electron chi connectivity index (χ1n) is 9.06. The predicted molar refractivity (Wildman–Crippen MR) is 118 cm³/mol. The van der Waals surface area contributed by atoms with Gasteiger partial charge in [-0.3, -0.25) is 0 Å². The van der Waals surface area contributed by atoms with Crippen LogP contribution in [-0.2, 0) is 0 Å². The molecule has 4 heteroatoms. The minimum atomic E-state index is 0.868. The molecule has 0 radical (unpaired) electrons. The van der Waals surface area contributed by atoms with Gasteiger partial charge in [-0.15, -0.1) is 0 Å². The monoisotopic (exact) mass is 362 g/mol. The first-order chi connectivity index (χ1) is 13.7. The zero-order chi connectivity index (χ0) is 19.1.